The van der Waals surface area contributed by atoms with Crippen molar-refractivity contribution < 1.29 is 33.0 Å². The van der Waals surface area contributed by atoms with Crippen LogP contribution in [-0.2, 0) is 19.6 Å². The van der Waals surface area contributed by atoms with Crippen LogP contribution in [0.3, 0.4) is 0 Å². The van der Waals surface area contributed by atoms with Gasteiger partial charge in [0.05, 0.1) is 11.2 Å². The second kappa shape index (κ2) is 11.4. The van der Waals surface area contributed by atoms with Gasteiger partial charge in [0, 0.05) is 24.6 Å². The number of hydrogen-bond acceptors (Lipinski definition) is 12. The summed E-state index contributed by atoms with van der Waals surface area (Å²) in [6.07, 6.45) is -0.221. The molecule has 0 radical (unpaired) electrons. The van der Waals surface area contributed by atoms with Gasteiger partial charge in [-0.2, -0.15) is 0 Å². The summed E-state index contributed by atoms with van der Waals surface area (Å²) >= 11 is 0. The average Bonchev–Trinajstić information content (AvgIpc) is 3.51. The van der Waals surface area contributed by atoms with Crippen molar-refractivity contribution in [3.05, 3.63) is 55.4 Å². The summed E-state index contributed by atoms with van der Waals surface area (Å²) in [6.45, 7) is 2.02. The van der Waals surface area contributed by atoms with Crippen molar-refractivity contribution in [1.82, 2.24) is 34.8 Å². The molecule has 214 valence electrons. The van der Waals surface area contributed by atoms with Crippen molar-refractivity contribution >= 4 is 50.6 Å². The van der Waals surface area contributed by atoms with Crippen LogP contribution in [0, 0.1) is 0 Å². The van der Waals surface area contributed by atoms with Gasteiger partial charge < -0.3 is 25.6 Å². The Morgan fingerprint density at radius 2 is 1.73 bits per heavy atom. The number of amides is 3. The molecule has 4 heterocycles. The molecule has 0 spiro atoms. The number of aromatic nitrogens is 6. The lowest BCUT2D eigenvalue weighted by molar-refractivity contribution is -0.137. The van der Waals surface area contributed by atoms with E-state index in [0.717, 1.165) is 6.33 Å². The van der Waals surface area contributed by atoms with Gasteiger partial charge in [-0.05, 0) is 37.3 Å². The van der Waals surface area contributed by atoms with Crippen molar-refractivity contribution in [3.8, 4) is 0 Å². The zero-order valence-electron chi connectivity index (χ0n) is 21.2. The van der Waals surface area contributed by atoms with E-state index in [-0.39, 0.29) is 33.5 Å². The molecule has 3 amide bonds. The summed E-state index contributed by atoms with van der Waals surface area (Å²) < 4.78 is 34.3. The van der Waals surface area contributed by atoms with Crippen LogP contribution in [0.25, 0.3) is 11.2 Å². The average molecular weight is 585 g/mol. The Balaban J connectivity index is 1.27. The highest BCUT2D eigenvalue weighted by Gasteiger charge is 2.47. The first-order valence-corrected chi connectivity index (χ1v) is 13.6. The molecule has 1 aromatic carbocycles. The van der Waals surface area contributed by atoms with Gasteiger partial charge in [0.1, 0.15) is 18.5 Å². The Bertz CT molecular complexity index is 1670. The number of likely N-dealkylation sites (N-methyl/N-ethyl adjacent to an activating group) is 1. The molecule has 1 aliphatic heterocycles. The van der Waals surface area contributed by atoms with E-state index < -0.39 is 46.5 Å². The lowest BCUT2D eigenvalue weighted by atomic mass is 10.1. The number of sulfonamides is 1. The molecule has 4 atom stereocenters. The molecule has 5 rings (SSSR count). The van der Waals surface area contributed by atoms with E-state index in [9.17, 15) is 28.2 Å². The quantitative estimate of drug-likeness (QED) is 0.158. The van der Waals surface area contributed by atoms with E-state index in [4.69, 9.17) is 4.74 Å². The highest BCUT2D eigenvalue weighted by atomic mass is 32.2. The SMILES string of the molecule is CCNC(=O)[C@@H]1OC(n2cnc3c(NC(=O)Nc4ccc(S(=O)(=O)Nc5ncccn5)cc4)ncnc32)[C@@H](O)[C@H]1O. The highest BCUT2D eigenvalue weighted by Crippen LogP contribution is 2.32. The number of nitrogens with zero attached hydrogens (tertiary/aromatic N) is 6. The third-order valence-corrected chi connectivity index (χ3v) is 7.27. The maximum absolute atomic E-state index is 12.7. The lowest BCUT2D eigenvalue weighted by Gasteiger charge is -2.16. The summed E-state index contributed by atoms with van der Waals surface area (Å²) in [4.78, 5) is 44.8. The number of imidazole rings is 1. The minimum absolute atomic E-state index is 0.0193. The molecule has 41 heavy (non-hydrogen) atoms. The van der Waals surface area contributed by atoms with Crippen LogP contribution in [0.2, 0.25) is 0 Å². The number of fused-ring (bicyclic) bond motifs is 1. The predicted octanol–water partition coefficient (Wildman–Crippen LogP) is -0.184. The van der Waals surface area contributed by atoms with E-state index in [0.29, 0.717) is 6.54 Å². The first kappa shape index (κ1) is 27.8. The van der Waals surface area contributed by atoms with Crippen LogP contribution in [0.1, 0.15) is 13.2 Å². The number of ether oxygens (including phenoxy) is 1. The molecule has 4 aromatic rings. The van der Waals surface area contributed by atoms with Crippen molar-refractivity contribution in [2.45, 2.75) is 36.4 Å². The molecule has 1 saturated heterocycles. The molecule has 1 aliphatic rings. The van der Waals surface area contributed by atoms with Gasteiger partial charge in [0.25, 0.3) is 15.9 Å². The smallest absolute Gasteiger partial charge is 0.324 e. The Labute approximate surface area is 232 Å². The van der Waals surface area contributed by atoms with E-state index in [1.54, 1.807) is 13.0 Å². The number of urea groups is 1. The molecular weight excluding hydrogens is 560 g/mol. The zero-order chi connectivity index (χ0) is 29.1. The van der Waals surface area contributed by atoms with E-state index in [2.05, 4.69) is 45.6 Å². The topological polar surface area (TPSA) is 235 Å². The van der Waals surface area contributed by atoms with Crippen LogP contribution >= 0.6 is 0 Å². The summed E-state index contributed by atoms with van der Waals surface area (Å²) in [6, 6.07) is 6.20. The summed E-state index contributed by atoms with van der Waals surface area (Å²) in [5, 5.41) is 28.5. The number of hydrogen-bond donors (Lipinski definition) is 6. The summed E-state index contributed by atoms with van der Waals surface area (Å²) in [5.41, 5.74) is 0.582. The van der Waals surface area contributed by atoms with Gasteiger partial charge in [-0.15, -0.1) is 0 Å². The Morgan fingerprint density at radius 3 is 2.44 bits per heavy atom. The van der Waals surface area contributed by atoms with Crippen LogP contribution in [-0.4, -0.2) is 84.9 Å². The molecule has 6 N–H and O–H groups in total. The molecule has 17 nitrogen and oxygen atoms in total. The number of benzene rings is 1. The van der Waals surface area contributed by atoms with Gasteiger partial charge in [-0.25, -0.2) is 42.9 Å². The normalized spacial score (nSPS) is 20.5. The number of nitrogens with one attached hydrogen (secondary N) is 4. The van der Waals surface area contributed by atoms with Gasteiger partial charge in [0.15, 0.2) is 29.3 Å². The van der Waals surface area contributed by atoms with Crippen molar-refractivity contribution in [1.29, 1.82) is 0 Å². The maximum atomic E-state index is 12.7. The molecule has 18 heteroatoms. The van der Waals surface area contributed by atoms with Crippen LogP contribution in [0.4, 0.5) is 22.2 Å². The number of aliphatic hydroxyl groups excluding tert-OH is 2. The number of carbonyl (C=O) groups excluding carboxylic acids is 2. The first-order chi connectivity index (χ1) is 19.7. The minimum atomic E-state index is -3.95. The molecule has 1 unspecified atom stereocenters. The van der Waals surface area contributed by atoms with Gasteiger partial charge in [-0.1, -0.05) is 0 Å². The standard InChI is InChI=1S/C23H24N10O7S/c1-2-24-20(36)17-15(34)16(35)21(40-17)33-11-29-14-18(27-10-28-19(14)33)31-23(37)30-12-4-6-13(7-5-12)41(38,39)32-22-25-8-3-9-26-22/h3-11,15-17,21,34-35H,2H2,1H3,(H,24,36)(H,25,26,32)(H2,27,28,30,31,37)/t15-,16+,17-,21?/m1/s1. The minimum Gasteiger partial charge on any atom is -0.387 e. The Morgan fingerprint density at radius 1 is 1.00 bits per heavy atom. The van der Waals surface area contributed by atoms with Gasteiger partial charge in [-0.3, -0.25) is 14.7 Å². The van der Waals surface area contributed by atoms with Crippen LogP contribution < -0.4 is 20.7 Å². The fourth-order valence-electron chi connectivity index (χ4n) is 4.03. The molecule has 3 aromatic heterocycles. The number of carbonyl (C=O) groups is 2. The largest absolute Gasteiger partial charge is 0.387 e. The van der Waals surface area contributed by atoms with Crippen molar-refractivity contribution in [3.63, 3.8) is 0 Å². The third kappa shape index (κ3) is 5.75. The zero-order valence-corrected chi connectivity index (χ0v) is 22.1. The first-order valence-electron chi connectivity index (χ1n) is 12.1. The third-order valence-electron chi connectivity index (χ3n) is 5.93. The molecule has 0 bridgehead atoms. The fraction of sp³-hybridized carbons (Fsp3) is 0.261. The maximum Gasteiger partial charge on any atom is 0.324 e. The van der Waals surface area contributed by atoms with Gasteiger partial charge >= 0.3 is 6.03 Å². The molecule has 0 aliphatic carbocycles. The number of rotatable bonds is 8. The van der Waals surface area contributed by atoms with Crippen molar-refractivity contribution in [2.75, 3.05) is 21.9 Å². The summed E-state index contributed by atoms with van der Waals surface area (Å²) in [5.74, 6) is -0.641. The van der Waals surface area contributed by atoms with Crippen LogP contribution in [0.5, 0.6) is 0 Å². The van der Waals surface area contributed by atoms with E-state index >= 15 is 0 Å². The monoisotopic (exact) mass is 584 g/mol. The predicted molar refractivity (Wildman–Crippen MR) is 142 cm³/mol. The van der Waals surface area contributed by atoms with Crippen LogP contribution in [0.15, 0.2) is 60.3 Å². The van der Waals surface area contributed by atoms with Crippen molar-refractivity contribution in [2.24, 2.45) is 0 Å². The molecule has 1 fully saturated rings. The summed E-state index contributed by atoms with van der Waals surface area (Å²) in [7, 11) is -3.95. The Hall–Kier alpha value is -4.78. The molecule has 0 saturated carbocycles. The lowest BCUT2D eigenvalue weighted by Crippen LogP contribution is -2.42. The Kier molecular flexibility index (Phi) is 7.70. The second-order valence-electron chi connectivity index (χ2n) is 8.65. The molecular formula is C23H24N10O7S. The van der Waals surface area contributed by atoms with E-state index in [1.807, 2.05) is 0 Å². The fourth-order valence-corrected chi connectivity index (χ4v) is 4.99. The highest BCUT2D eigenvalue weighted by molar-refractivity contribution is 7.92. The second-order valence-corrected chi connectivity index (χ2v) is 10.3. The van der Waals surface area contributed by atoms with Gasteiger partial charge in [0.2, 0.25) is 5.95 Å². The number of anilines is 3. The van der Waals surface area contributed by atoms with E-state index in [1.165, 1.54) is 47.6 Å². The number of aliphatic hydroxyl groups is 2.